The number of hydrogen-bond donors (Lipinski definition) is 4. The van der Waals surface area contributed by atoms with Crippen molar-refractivity contribution < 1.29 is 18.8 Å². The normalized spacial score (nSPS) is 10.3. The van der Waals surface area contributed by atoms with Crippen LogP contribution in [0.2, 0.25) is 10.0 Å². The second-order valence-electron chi connectivity index (χ2n) is 4.51. The average molecular weight is 374 g/mol. The number of halogens is 3. The Balaban J connectivity index is 2.19. The number of benzene rings is 1. The fourth-order valence-electron chi connectivity index (χ4n) is 1.70. The van der Waals surface area contributed by atoms with Gasteiger partial charge in [0, 0.05) is 0 Å². The molecule has 126 valence electrons. The van der Waals surface area contributed by atoms with E-state index in [0.717, 1.165) is 18.3 Å². The quantitative estimate of drug-likeness (QED) is 0.588. The molecule has 0 spiro atoms. The van der Waals surface area contributed by atoms with E-state index in [1.54, 1.807) is 0 Å². The summed E-state index contributed by atoms with van der Waals surface area (Å²) in [5.41, 5.74) is 4.64. The molecule has 1 heterocycles. The lowest BCUT2D eigenvalue weighted by atomic mass is 10.2. The standard InChI is InChI=1S/C13H10Cl2FN5O3/c14-6-2-7(15)8(16)1-5(6)12(23)20-9-3-19-21-11(9)13(24)18-4-10(17)22/h1-3H,4H2,(H2,17,22)(H,18,24)(H,19,21)(H,20,23). The lowest BCUT2D eigenvalue weighted by Gasteiger charge is -2.08. The highest BCUT2D eigenvalue weighted by Crippen LogP contribution is 2.25. The van der Waals surface area contributed by atoms with E-state index in [4.69, 9.17) is 28.9 Å². The third-order valence-electron chi connectivity index (χ3n) is 2.79. The Morgan fingerprint density at radius 3 is 2.58 bits per heavy atom. The Morgan fingerprint density at radius 2 is 1.92 bits per heavy atom. The number of carbonyl (C=O) groups is 3. The molecule has 0 unspecified atom stereocenters. The number of anilines is 1. The Morgan fingerprint density at radius 1 is 1.21 bits per heavy atom. The SMILES string of the molecule is NC(=O)CNC(=O)c1[nH]ncc1NC(=O)c1cc(F)c(Cl)cc1Cl. The number of nitrogens with two attached hydrogens (primary N) is 1. The van der Waals surface area contributed by atoms with Gasteiger partial charge in [0.1, 0.15) is 11.5 Å². The molecule has 2 aromatic rings. The molecule has 8 nitrogen and oxygen atoms in total. The third kappa shape index (κ3) is 4.00. The zero-order valence-electron chi connectivity index (χ0n) is 11.8. The van der Waals surface area contributed by atoms with Crippen LogP contribution in [0, 0.1) is 5.82 Å². The van der Waals surface area contributed by atoms with Crippen molar-refractivity contribution in [3.8, 4) is 0 Å². The maximum absolute atomic E-state index is 13.5. The third-order valence-corrected chi connectivity index (χ3v) is 3.39. The number of hydrogen-bond acceptors (Lipinski definition) is 4. The summed E-state index contributed by atoms with van der Waals surface area (Å²) in [6.07, 6.45) is 1.16. The van der Waals surface area contributed by atoms with E-state index >= 15 is 0 Å². The molecule has 0 atom stereocenters. The minimum Gasteiger partial charge on any atom is -0.368 e. The average Bonchev–Trinajstić information content (AvgIpc) is 2.96. The van der Waals surface area contributed by atoms with Crippen LogP contribution >= 0.6 is 23.2 Å². The van der Waals surface area contributed by atoms with E-state index in [1.165, 1.54) is 0 Å². The second-order valence-corrected chi connectivity index (χ2v) is 5.32. The molecule has 0 bridgehead atoms. The van der Waals surface area contributed by atoms with Gasteiger partial charge < -0.3 is 16.4 Å². The molecule has 0 aliphatic heterocycles. The Labute approximate surface area is 144 Å². The fraction of sp³-hybridized carbons (Fsp3) is 0.0769. The van der Waals surface area contributed by atoms with Crippen LogP contribution in [0.4, 0.5) is 10.1 Å². The predicted octanol–water partition coefficient (Wildman–Crippen LogP) is 1.32. The van der Waals surface area contributed by atoms with Gasteiger partial charge in [-0.15, -0.1) is 0 Å². The van der Waals surface area contributed by atoms with Crippen LogP contribution in [0.1, 0.15) is 20.8 Å². The molecule has 1 aromatic carbocycles. The molecule has 0 saturated carbocycles. The molecule has 5 N–H and O–H groups in total. The summed E-state index contributed by atoms with van der Waals surface area (Å²) in [5.74, 6) is -3.05. The number of nitrogens with one attached hydrogen (secondary N) is 3. The molecular weight excluding hydrogens is 364 g/mol. The summed E-state index contributed by atoms with van der Waals surface area (Å²) in [6.45, 7) is -0.389. The van der Waals surface area contributed by atoms with E-state index in [1.807, 2.05) is 0 Å². The number of carbonyl (C=O) groups excluding carboxylic acids is 3. The molecule has 3 amide bonds. The zero-order valence-corrected chi connectivity index (χ0v) is 13.3. The lowest BCUT2D eigenvalue weighted by Crippen LogP contribution is -2.34. The van der Waals surface area contributed by atoms with Gasteiger partial charge in [0.15, 0.2) is 0 Å². The number of rotatable bonds is 5. The van der Waals surface area contributed by atoms with Crippen molar-refractivity contribution in [3.05, 3.63) is 45.4 Å². The minimum absolute atomic E-state index is 0.00777. The van der Waals surface area contributed by atoms with Gasteiger partial charge in [-0.3, -0.25) is 19.5 Å². The van der Waals surface area contributed by atoms with Crippen LogP contribution in [0.25, 0.3) is 0 Å². The summed E-state index contributed by atoms with van der Waals surface area (Å²) in [7, 11) is 0. The first-order chi connectivity index (χ1) is 11.3. The molecule has 11 heteroatoms. The van der Waals surface area contributed by atoms with E-state index in [-0.39, 0.29) is 33.5 Å². The highest BCUT2D eigenvalue weighted by atomic mass is 35.5. The van der Waals surface area contributed by atoms with Crippen molar-refractivity contribution in [2.75, 3.05) is 11.9 Å². The summed E-state index contributed by atoms with van der Waals surface area (Å²) in [4.78, 5) is 34.7. The summed E-state index contributed by atoms with van der Waals surface area (Å²) in [6, 6.07) is 1.95. The van der Waals surface area contributed by atoms with Gasteiger partial charge in [0.25, 0.3) is 11.8 Å². The molecule has 2 rings (SSSR count). The molecule has 0 radical (unpaired) electrons. The first-order valence-electron chi connectivity index (χ1n) is 6.35. The first-order valence-corrected chi connectivity index (χ1v) is 7.11. The van der Waals surface area contributed by atoms with Crippen LogP contribution in [-0.2, 0) is 4.79 Å². The largest absolute Gasteiger partial charge is 0.368 e. The molecule has 24 heavy (non-hydrogen) atoms. The van der Waals surface area contributed by atoms with Gasteiger partial charge in [-0.05, 0) is 12.1 Å². The fourth-order valence-corrected chi connectivity index (χ4v) is 2.17. The van der Waals surface area contributed by atoms with Crippen LogP contribution in [-0.4, -0.2) is 34.5 Å². The van der Waals surface area contributed by atoms with E-state index in [0.29, 0.717) is 0 Å². The van der Waals surface area contributed by atoms with Crippen molar-refractivity contribution in [1.29, 1.82) is 0 Å². The zero-order chi connectivity index (χ0) is 17.9. The number of aromatic nitrogens is 2. The van der Waals surface area contributed by atoms with Crippen molar-refractivity contribution in [2.24, 2.45) is 5.73 Å². The summed E-state index contributed by atoms with van der Waals surface area (Å²) < 4.78 is 13.5. The predicted molar refractivity (Wildman–Crippen MR) is 84.5 cm³/mol. The number of aromatic amines is 1. The van der Waals surface area contributed by atoms with Crippen molar-refractivity contribution >= 4 is 46.6 Å². The number of amides is 3. The van der Waals surface area contributed by atoms with Gasteiger partial charge >= 0.3 is 0 Å². The van der Waals surface area contributed by atoms with Crippen molar-refractivity contribution in [1.82, 2.24) is 15.5 Å². The summed E-state index contributed by atoms with van der Waals surface area (Å²) >= 11 is 11.4. The number of primary amides is 1. The highest BCUT2D eigenvalue weighted by molar-refractivity contribution is 6.37. The topological polar surface area (TPSA) is 130 Å². The molecule has 0 aliphatic rings. The Kier molecular flexibility index (Phi) is 5.37. The monoisotopic (exact) mass is 373 g/mol. The van der Waals surface area contributed by atoms with Gasteiger partial charge in [-0.1, -0.05) is 23.2 Å². The smallest absolute Gasteiger partial charge is 0.271 e. The summed E-state index contributed by atoms with van der Waals surface area (Å²) in [5, 5.41) is 10.3. The molecule has 0 fully saturated rings. The Bertz CT molecular complexity index is 824. The van der Waals surface area contributed by atoms with Crippen LogP contribution in [0.15, 0.2) is 18.3 Å². The highest BCUT2D eigenvalue weighted by Gasteiger charge is 2.19. The van der Waals surface area contributed by atoms with Crippen LogP contribution < -0.4 is 16.4 Å². The minimum atomic E-state index is -0.821. The lowest BCUT2D eigenvalue weighted by molar-refractivity contribution is -0.117. The number of H-pyrrole nitrogens is 1. The van der Waals surface area contributed by atoms with Gasteiger partial charge in [-0.2, -0.15) is 5.10 Å². The van der Waals surface area contributed by atoms with Crippen LogP contribution in [0.3, 0.4) is 0 Å². The van der Waals surface area contributed by atoms with Gasteiger partial charge in [-0.25, -0.2) is 4.39 Å². The first kappa shape index (κ1) is 17.7. The van der Waals surface area contributed by atoms with E-state index in [2.05, 4.69) is 20.8 Å². The maximum Gasteiger partial charge on any atom is 0.271 e. The molecule has 0 aliphatic carbocycles. The second kappa shape index (κ2) is 7.28. The van der Waals surface area contributed by atoms with E-state index in [9.17, 15) is 18.8 Å². The van der Waals surface area contributed by atoms with Crippen LogP contribution in [0.5, 0.6) is 0 Å². The van der Waals surface area contributed by atoms with Gasteiger partial charge in [0.2, 0.25) is 5.91 Å². The Hall–Kier alpha value is -2.65. The molecular formula is C13H10Cl2FN5O3. The number of nitrogens with zero attached hydrogens (tertiary/aromatic N) is 1. The maximum atomic E-state index is 13.5. The molecule has 1 aromatic heterocycles. The van der Waals surface area contributed by atoms with Crippen molar-refractivity contribution in [3.63, 3.8) is 0 Å². The van der Waals surface area contributed by atoms with Gasteiger partial charge in [0.05, 0.1) is 34.0 Å². The van der Waals surface area contributed by atoms with E-state index < -0.39 is 23.5 Å². The van der Waals surface area contributed by atoms with Crippen molar-refractivity contribution in [2.45, 2.75) is 0 Å². The molecule has 0 saturated heterocycles.